The van der Waals surface area contributed by atoms with Crippen molar-refractivity contribution in [2.24, 2.45) is 7.05 Å². The summed E-state index contributed by atoms with van der Waals surface area (Å²) in [5, 5.41) is 12.4. The van der Waals surface area contributed by atoms with Crippen molar-refractivity contribution in [3.8, 4) is 6.07 Å². The largest absolute Gasteiger partial charge is 0.257 e. The van der Waals surface area contributed by atoms with E-state index < -0.39 is 0 Å². The van der Waals surface area contributed by atoms with Gasteiger partial charge in [-0.2, -0.15) is 10.4 Å². The highest BCUT2D eigenvalue weighted by Crippen LogP contribution is 2.02. The maximum absolute atomic E-state index is 8.42. The van der Waals surface area contributed by atoms with Gasteiger partial charge in [-0.1, -0.05) is 0 Å². The number of rotatable bonds is 0. The molecule has 0 aliphatic carbocycles. The predicted molar refractivity (Wildman–Crippen MR) is 40.6 cm³/mol. The monoisotopic (exact) mass is 233 g/mol. The Bertz CT molecular complexity index is 258. The normalized spacial score (nSPS) is 9.00. The number of nitriles is 1. The number of aromatic nitrogens is 2. The first kappa shape index (κ1) is 6.55. The summed E-state index contributed by atoms with van der Waals surface area (Å²) in [5.41, 5.74) is 0.597. The summed E-state index contributed by atoms with van der Waals surface area (Å²) < 4.78 is 2.41. The lowest BCUT2D eigenvalue weighted by molar-refractivity contribution is 0.748. The first-order chi connectivity index (χ1) is 4.24. The molecule has 0 aliphatic rings. The molecule has 0 saturated carbocycles. The van der Waals surface area contributed by atoms with Gasteiger partial charge in [-0.25, -0.2) is 0 Å². The molecule has 0 spiro atoms. The summed E-state index contributed by atoms with van der Waals surface area (Å²) in [6, 6.07) is 3.75. The Hall–Kier alpha value is -0.570. The van der Waals surface area contributed by atoms with E-state index in [1.807, 2.05) is 6.07 Å². The summed E-state index contributed by atoms with van der Waals surface area (Å²) in [6.07, 6.45) is 0. The summed E-state index contributed by atoms with van der Waals surface area (Å²) in [5.74, 6) is 0. The Kier molecular flexibility index (Phi) is 1.71. The summed E-state index contributed by atoms with van der Waals surface area (Å²) in [6.45, 7) is 0. The van der Waals surface area contributed by atoms with Crippen molar-refractivity contribution >= 4 is 22.6 Å². The first-order valence-electron chi connectivity index (χ1n) is 2.33. The van der Waals surface area contributed by atoms with Crippen LogP contribution < -0.4 is 0 Å². The van der Waals surface area contributed by atoms with Crippen molar-refractivity contribution in [2.45, 2.75) is 0 Å². The van der Waals surface area contributed by atoms with Crippen LogP contribution in [0.2, 0.25) is 0 Å². The van der Waals surface area contributed by atoms with Crippen molar-refractivity contribution in [3.05, 3.63) is 15.5 Å². The predicted octanol–water partition coefficient (Wildman–Crippen LogP) is 0.896. The van der Waals surface area contributed by atoms with Crippen LogP contribution in [0.25, 0.3) is 0 Å². The molecule has 0 aliphatic heterocycles. The molecule has 1 rings (SSSR count). The Balaban J connectivity index is 3.20. The van der Waals surface area contributed by atoms with Gasteiger partial charge in [0.05, 0.1) is 0 Å². The molecule has 9 heavy (non-hydrogen) atoms. The minimum absolute atomic E-state index is 0.597. The molecule has 1 aromatic rings. The molecule has 0 fully saturated rings. The van der Waals surface area contributed by atoms with E-state index in [1.165, 1.54) is 0 Å². The second kappa shape index (κ2) is 2.35. The van der Waals surface area contributed by atoms with Crippen molar-refractivity contribution < 1.29 is 0 Å². The van der Waals surface area contributed by atoms with Crippen molar-refractivity contribution in [3.63, 3.8) is 0 Å². The van der Waals surface area contributed by atoms with Gasteiger partial charge in [0.15, 0.2) is 0 Å². The van der Waals surface area contributed by atoms with Crippen LogP contribution in [-0.2, 0) is 7.05 Å². The summed E-state index contributed by atoms with van der Waals surface area (Å²) >= 11 is 2.07. The van der Waals surface area contributed by atoms with E-state index >= 15 is 0 Å². The molecule has 4 heteroatoms. The van der Waals surface area contributed by atoms with Crippen molar-refractivity contribution in [1.29, 1.82) is 5.26 Å². The lowest BCUT2D eigenvalue weighted by Gasteiger charge is -1.84. The van der Waals surface area contributed by atoms with Crippen molar-refractivity contribution in [1.82, 2.24) is 9.78 Å². The zero-order chi connectivity index (χ0) is 6.85. The molecule has 0 bridgehead atoms. The topological polar surface area (TPSA) is 41.6 Å². The number of halogens is 1. The van der Waals surface area contributed by atoms with Gasteiger partial charge in [-0.3, -0.25) is 4.68 Å². The fraction of sp³-hybridized carbons (Fsp3) is 0.200. The van der Waals surface area contributed by atoms with Gasteiger partial charge in [0.1, 0.15) is 15.5 Å². The van der Waals surface area contributed by atoms with Crippen LogP contribution in [0, 0.1) is 15.0 Å². The van der Waals surface area contributed by atoms with Crippen LogP contribution in [0.5, 0.6) is 0 Å². The third-order valence-corrected chi connectivity index (χ3v) is 1.49. The van der Waals surface area contributed by atoms with Crippen molar-refractivity contribution in [2.75, 3.05) is 0 Å². The average molecular weight is 233 g/mol. The second-order valence-electron chi connectivity index (χ2n) is 1.59. The van der Waals surface area contributed by atoms with Gasteiger partial charge in [0.2, 0.25) is 0 Å². The summed E-state index contributed by atoms with van der Waals surface area (Å²) in [7, 11) is 1.75. The lowest BCUT2D eigenvalue weighted by atomic mass is 10.5. The van der Waals surface area contributed by atoms with Gasteiger partial charge in [0.25, 0.3) is 0 Å². The van der Waals surface area contributed by atoms with Crippen LogP contribution in [0.4, 0.5) is 0 Å². The first-order valence-corrected chi connectivity index (χ1v) is 3.41. The van der Waals surface area contributed by atoms with E-state index in [2.05, 4.69) is 27.7 Å². The summed E-state index contributed by atoms with van der Waals surface area (Å²) in [4.78, 5) is 0. The van der Waals surface area contributed by atoms with Crippen LogP contribution in [0.15, 0.2) is 6.07 Å². The zero-order valence-corrected chi connectivity index (χ0v) is 6.95. The highest BCUT2D eigenvalue weighted by atomic mass is 127. The maximum atomic E-state index is 8.42. The molecule has 0 unspecified atom stereocenters. The number of hydrogen-bond acceptors (Lipinski definition) is 2. The van der Waals surface area contributed by atoms with Crippen LogP contribution in [0.1, 0.15) is 5.69 Å². The van der Waals surface area contributed by atoms with Crippen LogP contribution in [0.3, 0.4) is 0 Å². The third kappa shape index (κ3) is 1.21. The Labute approximate surface area is 66.4 Å². The van der Waals surface area contributed by atoms with Crippen LogP contribution in [-0.4, -0.2) is 9.78 Å². The van der Waals surface area contributed by atoms with E-state index in [1.54, 1.807) is 17.8 Å². The molecule has 46 valence electrons. The Morgan fingerprint density at radius 2 is 2.56 bits per heavy atom. The molecule has 0 amide bonds. The average Bonchev–Trinajstić information content (AvgIpc) is 2.10. The highest BCUT2D eigenvalue weighted by Gasteiger charge is 1.98. The van der Waals surface area contributed by atoms with E-state index in [0.717, 1.165) is 3.70 Å². The quantitative estimate of drug-likeness (QED) is 0.624. The molecule has 0 radical (unpaired) electrons. The minimum atomic E-state index is 0.597. The van der Waals surface area contributed by atoms with Gasteiger partial charge < -0.3 is 0 Å². The SMILES string of the molecule is Cn1nc(I)cc1C#N. The number of hydrogen-bond donors (Lipinski definition) is 0. The molecule has 0 N–H and O–H groups in total. The molecule has 1 aromatic heterocycles. The zero-order valence-electron chi connectivity index (χ0n) is 4.80. The molecular formula is C5H4IN3. The maximum Gasteiger partial charge on any atom is 0.139 e. The Morgan fingerprint density at radius 1 is 1.89 bits per heavy atom. The standard InChI is InChI=1S/C5H4IN3/c1-9-4(3-7)2-5(6)8-9/h2H,1H3. The van der Waals surface area contributed by atoms with Gasteiger partial charge in [0, 0.05) is 13.1 Å². The molecule has 0 aromatic carbocycles. The fourth-order valence-electron chi connectivity index (χ4n) is 0.537. The van der Waals surface area contributed by atoms with Gasteiger partial charge >= 0.3 is 0 Å². The van der Waals surface area contributed by atoms with Gasteiger partial charge in [-0.05, 0) is 22.6 Å². The van der Waals surface area contributed by atoms with Gasteiger partial charge in [-0.15, -0.1) is 0 Å². The van der Waals surface area contributed by atoms with E-state index in [-0.39, 0.29) is 0 Å². The van der Waals surface area contributed by atoms with E-state index in [4.69, 9.17) is 5.26 Å². The second-order valence-corrected chi connectivity index (χ2v) is 2.69. The smallest absolute Gasteiger partial charge is 0.139 e. The Morgan fingerprint density at radius 3 is 2.78 bits per heavy atom. The number of aryl methyl sites for hydroxylation is 1. The van der Waals surface area contributed by atoms with Crippen LogP contribution >= 0.6 is 22.6 Å². The fourth-order valence-corrected chi connectivity index (χ4v) is 1.16. The highest BCUT2D eigenvalue weighted by molar-refractivity contribution is 14.1. The number of nitrogens with zero attached hydrogens (tertiary/aromatic N) is 3. The van der Waals surface area contributed by atoms with E-state index in [0.29, 0.717) is 5.69 Å². The molecule has 3 nitrogen and oxygen atoms in total. The third-order valence-electron chi connectivity index (χ3n) is 0.965. The minimum Gasteiger partial charge on any atom is -0.257 e. The lowest BCUT2D eigenvalue weighted by Crippen LogP contribution is -1.92. The molecule has 0 saturated heterocycles. The molecule has 0 atom stereocenters. The molecular weight excluding hydrogens is 229 g/mol. The van der Waals surface area contributed by atoms with E-state index in [9.17, 15) is 0 Å². The molecule has 1 heterocycles.